The van der Waals surface area contributed by atoms with Gasteiger partial charge in [-0.2, -0.15) is 0 Å². The average molecular weight is 258 g/mol. The number of amides is 1. The van der Waals surface area contributed by atoms with Crippen molar-refractivity contribution < 1.29 is 14.3 Å². The Kier molecular flexibility index (Phi) is 9.28. The number of hydrogen-bond acceptors (Lipinski definition) is 4. The summed E-state index contributed by atoms with van der Waals surface area (Å²) in [5.41, 5.74) is 0. The van der Waals surface area contributed by atoms with E-state index >= 15 is 0 Å². The van der Waals surface area contributed by atoms with Crippen LogP contribution in [0.2, 0.25) is 0 Å². The van der Waals surface area contributed by atoms with Crippen LogP contribution >= 0.6 is 0 Å². The van der Waals surface area contributed by atoms with Crippen LogP contribution in [0.1, 0.15) is 39.5 Å². The number of nitrogens with one attached hydrogen (secondary N) is 1. The first-order valence-electron chi connectivity index (χ1n) is 6.59. The maximum atomic E-state index is 11.5. The number of unbranched alkanes of at least 4 members (excludes halogenated alkanes) is 2. The fourth-order valence-corrected chi connectivity index (χ4v) is 1.60. The van der Waals surface area contributed by atoms with E-state index in [1.54, 1.807) is 19.0 Å². The number of nitrogens with zero attached hydrogens (tertiary/aromatic N) is 1. The van der Waals surface area contributed by atoms with E-state index in [1.807, 2.05) is 13.8 Å². The van der Waals surface area contributed by atoms with Crippen LogP contribution in [0.25, 0.3) is 0 Å². The van der Waals surface area contributed by atoms with Crippen LogP contribution in [-0.2, 0) is 14.3 Å². The highest BCUT2D eigenvalue weighted by atomic mass is 16.5. The van der Waals surface area contributed by atoms with Crippen LogP contribution < -0.4 is 5.32 Å². The molecule has 0 aliphatic heterocycles. The van der Waals surface area contributed by atoms with E-state index in [4.69, 9.17) is 4.74 Å². The number of ether oxygens (including phenoxy) is 1. The van der Waals surface area contributed by atoms with Gasteiger partial charge in [0.15, 0.2) is 0 Å². The largest absolute Gasteiger partial charge is 0.466 e. The molecule has 1 unspecified atom stereocenters. The molecule has 0 heterocycles. The van der Waals surface area contributed by atoms with Gasteiger partial charge in [0.1, 0.15) is 0 Å². The molecule has 0 aromatic carbocycles. The summed E-state index contributed by atoms with van der Waals surface area (Å²) < 4.78 is 4.84. The zero-order valence-electron chi connectivity index (χ0n) is 12.0. The molecule has 0 radical (unpaired) electrons. The van der Waals surface area contributed by atoms with Crippen molar-refractivity contribution in [1.29, 1.82) is 0 Å². The number of esters is 1. The number of carbonyl (C=O) groups excluding carboxylic acids is 2. The summed E-state index contributed by atoms with van der Waals surface area (Å²) in [6.07, 6.45) is 3.26. The van der Waals surface area contributed by atoms with Crippen LogP contribution in [0.5, 0.6) is 0 Å². The molecule has 0 aromatic heterocycles. The smallest absolute Gasteiger partial charge is 0.305 e. The Balaban J connectivity index is 3.46. The number of rotatable bonds is 9. The van der Waals surface area contributed by atoms with E-state index in [0.29, 0.717) is 13.0 Å². The monoisotopic (exact) mass is 258 g/mol. The zero-order valence-corrected chi connectivity index (χ0v) is 12.0. The highest BCUT2D eigenvalue weighted by molar-refractivity contribution is 5.80. The Morgan fingerprint density at radius 2 is 1.89 bits per heavy atom. The third kappa shape index (κ3) is 8.06. The third-order valence-electron chi connectivity index (χ3n) is 2.62. The van der Waals surface area contributed by atoms with Crippen LogP contribution in [0.15, 0.2) is 0 Å². The van der Waals surface area contributed by atoms with Gasteiger partial charge in [0.25, 0.3) is 0 Å². The zero-order chi connectivity index (χ0) is 14.0. The Morgan fingerprint density at radius 1 is 1.22 bits per heavy atom. The number of likely N-dealkylation sites (N-methyl/N-ethyl adjacent to an activating group) is 1. The van der Waals surface area contributed by atoms with Crippen molar-refractivity contribution in [3.8, 4) is 0 Å². The molecule has 0 saturated carbocycles. The topological polar surface area (TPSA) is 58.6 Å². The predicted octanol–water partition coefficient (Wildman–Crippen LogP) is 1.18. The Hall–Kier alpha value is -1.10. The molecule has 0 saturated heterocycles. The summed E-state index contributed by atoms with van der Waals surface area (Å²) in [4.78, 5) is 24.2. The lowest BCUT2D eigenvalue weighted by molar-refractivity contribution is -0.143. The fraction of sp³-hybridized carbons (Fsp3) is 0.846. The lowest BCUT2D eigenvalue weighted by Gasteiger charge is -2.17. The number of carbonyl (C=O) groups is 2. The van der Waals surface area contributed by atoms with Crippen LogP contribution in [0, 0.1) is 0 Å². The minimum atomic E-state index is -0.148. The molecular formula is C13H26N2O3. The summed E-state index contributed by atoms with van der Waals surface area (Å²) in [5, 5.41) is 3.17. The first-order valence-corrected chi connectivity index (χ1v) is 6.59. The standard InChI is InChI=1S/C13H26N2O3/c1-5-18-12(16)9-7-6-8-10-14-11(2)13(17)15(3)4/h11,14H,5-10H2,1-4H3. The molecule has 0 spiro atoms. The molecule has 0 aliphatic rings. The van der Waals surface area contributed by atoms with Gasteiger partial charge >= 0.3 is 5.97 Å². The second-order valence-electron chi connectivity index (χ2n) is 4.52. The Morgan fingerprint density at radius 3 is 2.44 bits per heavy atom. The summed E-state index contributed by atoms with van der Waals surface area (Å²) in [5.74, 6) is -0.0388. The van der Waals surface area contributed by atoms with Crippen molar-refractivity contribution in [1.82, 2.24) is 10.2 Å². The normalized spacial score (nSPS) is 12.0. The minimum absolute atomic E-state index is 0.0847. The van der Waals surface area contributed by atoms with Gasteiger partial charge in [-0.05, 0) is 33.2 Å². The third-order valence-corrected chi connectivity index (χ3v) is 2.62. The van der Waals surface area contributed by atoms with Crippen molar-refractivity contribution in [2.24, 2.45) is 0 Å². The maximum absolute atomic E-state index is 11.5. The second-order valence-corrected chi connectivity index (χ2v) is 4.52. The van der Waals surface area contributed by atoms with E-state index in [-0.39, 0.29) is 17.9 Å². The fourth-order valence-electron chi connectivity index (χ4n) is 1.60. The van der Waals surface area contributed by atoms with Crippen molar-refractivity contribution >= 4 is 11.9 Å². The van der Waals surface area contributed by atoms with Gasteiger partial charge in [-0.1, -0.05) is 6.42 Å². The highest BCUT2D eigenvalue weighted by Crippen LogP contribution is 2.01. The van der Waals surface area contributed by atoms with Crippen molar-refractivity contribution in [3.05, 3.63) is 0 Å². The van der Waals surface area contributed by atoms with Crippen molar-refractivity contribution in [2.75, 3.05) is 27.2 Å². The Labute approximate surface area is 110 Å². The van der Waals surface area contributed by atoms with Gasteiger partial charge in [0, 0.05) is 20.5 Å². The van der Waals surface area contributed by atoms with E-state index in [2.05, 4.69) is 5.32 Å². The summed E-state index contributed by atoms with van der Waals surface area (Å²) >= 11 is 0. The Bertz CT molecular complexity index is 255. The maximum Gasteiger partial charge on any atom is 0.305 e. The molecule has 106 valence electrons. The highest BCUT2D eigenvalue weighted by Gasteiger charge is 2.12. The van der Waals surface area contributed by atoms with Crippen LogP contribution in [0.3, 0.4) is 0 Å². The van der Waals surface area contributed by atoms with Gasteiger partial charge in [0.2, 0.25) is 5.91 Å². The molecule has 1 atom stereocenters. The van der Waals surface area contributed by atoms with Crippen LogP contribution in [-0.4, -0.2) is 50.1 Å². The number of hydrogen-bond donors (Lipinski definition) is 1. The minimum Gasteiger partial charge on any atom is -0.466 e. The summed E-state index contributed by atoms with van der Waals surface area (Å²) in [7, 11) is 3.50. The molecule has 1 N–H and O–H groups in total. The summed E-state index contributed by atoms with van der Waals surface area (Å²) in [6.45, 7) is 4.92. The first-order chi connectivity index (χ1) is 8.49. The van der Waals surface area contributed by atoms with E-state index in [1.165, 1.54) is 0 Å². The SMILES string of the molecule is CCOC(=O)CCCCCNC(C)C(=O)N(C)C. The summed E-state index contributed by atoms with van der Waals surface area (Å²) in [6, 6.07) is -0.148. The molecule has 18 heavy (non-hydrogen) atoms. The van der Waals surface area contributed by atoms with Gasteiger partial charge in [-0.3, -0.25) is 9.59 Å². The molecular weight excluding hydrogens is 232 g/mol. The van der Waals surface area contributed by atoms with Gasteiger partial charge in [-0.25, -0.2) is 0 Å². The van der Waals surface area contributed by atoms with E-state index in [9.17, 15) is 9.59 Å². The van der Waals surface area contributed by atoms with E-state index in [0.717, 1.165) is 25.8 Å². The molecule has 5 heteroatoms. The quantitative estimate of drug-likeness (QED) is 0.498. The van der Waals surface area contributed by atoms with Crippen LogP contribution in [0.4, 0.5) is 0 Å². The van der Waals surface area contributed by atoms with Gasteiger partial charge in [-0.15, -0.1) is 0 Å². The predicted molar refractivity (Wildman–Crippen MR) is 71.3 cm³/mol. The molecule has 0 rings (SSSR count). The molecule has 0 aromatic rings. The lowest BCUT2D eigenvalue weighted by atomic mass is 10.2. The first kappa shape index (κ1) is 16.9. The average Bonchev–Trinajstić information content (AvgIpc) is 2.32. The molecule has 1 amide bonds. The van der Waals surface area contributed by atoms with Crippen molar-refractivity contribution in [3.63, 3.8) is 0 Å². The molecule has 0 fully saturated rings. The van der Waals surface area contributed by atoms with Crippen molar-refractivity contribution in [2.45, 2.75) is 45.6 Å². The molecule has 5 nitrogen and oxygen atoms in total. The van der Waals surface area contributed by atoms with Gasteiger partial charge < -0.3 is 15.0 Å². The lowest BCUT2D eigenvalue weighted by Crippen LogP contribution is -2.41. The van der Waals surface area contributed by atoms with E-state index < -0.39 is 0 Å². The molecule has 0 aliphatic carbocycles. The molecule has 0 bridgehead atoms. The van der Waals surface area contributed by atoms with Gasteiger partial charge in [0.05, 0.1) is 12.6 Å². The second kappa shape index (κ2) is 9.88.